The second-order valence-electron chi connectivity index (χ2n) is 6.16. The molecule has 126 valence electrons. The van der Waals surface area contributed by atoms with Gasteiger partial charge < -0.3 is 5.32 Å². The minimum Gasteiger partial charge on any atom is -0.316 e. The summed E-state index contributed by atoms with van der Waals surface area (Å²) in [6.45, 7) is 12.2. The van der Waals surface area contributed by atoms with Gasteiger partial charge in [0.2, 0.25) is 10.0 Å². The van der Waals surface area contributed by atoms with Gasteiger partial charge in [-0.25, -0.2) is 13.1 Å². The summed E-state index contributed by atoms with van der Waals surface area (Å²) in [6, 6.07) is 0. The fourth-order valence-electron chi connectivity index (χ4n) is 3.06. The van der Waals surface area contributed by atoms with Crippen molar-refractivity contribution in [3.8, 4) is 0 Å². The van der Waals surface area contributed by atoms with E-state index in [2.05, 4.69) is 17.0 Å². The van der Waals surface area contributed by atoms with Crippen LogP contribution in [0.25, 0.3) is 0 Å². The maximum absolute atomic E-state index is 12.7. The van der Waals surface area contributed by atoms with Crippen LogP contribution in [0, 0.1) is 40.5 Å². The van der Waals surface area contributed by atoms with Crippen molar-refractivity contribution in [1.29, 1.82) is 0 Å². The van der Waals surface area contributed by atoms with Gasteiger partial charge in [0.25, 0.3) is 0 Å². The van der Waals surface area contributed by atoms with E-state index in [4.69, 9.17) is 0 Å². The maximum Gasteiger partial charge on any atom is 0.241 e. The highest BCUT2D eigenvalue weighted by molar-refractivity contribution is 7.89. The number of hydrogen-bond donors (Lipinski definition) is 2. The Labute approximate surface area is 140 Å². The van der Waals surface area contributed by atoms with Crippen molar-refractivity contribution >= 4 is 22.4 Å². The van der Waals surface area contributed by atoms with Gasteiger partial charge >= 0.3 is 0 Å². The Hall–Kier alpha value is -0.620. The molecule has 1 aliphatic rings. The number of sulfonamides is 1. The molecule has 1 atom stereocenters. The van der Waals surface area contributed by atoms with Crippen LogP contribution in [0.3, 0.4) is 0 Å². The molecule has 1 fully saturated rings. The zero-order chi connectivity index (χ0) is 15.8. The molecule has 22 heavy (non-hydrogen) atoms. The Morgan fingerprint density at radius 1 is 1.00 bits per heavy atom. The second-order valence-corrected chi connectivity index (χ2v) is 7.87. The minimum absolute atomic E-state index is 0. The normalized spacial score (nSPS) is 18.3. The Kier molecular flexibility index (Phi) is 6.45. The van der Waals surface area contributed by atoms with Crippen LogP contribution in [0.4, 0.5) is 0 Å². The third-order valence-corrected chi connectivity index (χ3v) is 6.62. The molecule has 4 nitrogen and oxygen atoms in total. The molecule has 0 amide bonds. The highest BCUT2D eigenvalue weighted by Gasteiger charge is 2.25. The third-order valence-electron chi connectivity index (χ3n) is 4.92. The van der Waals surface area contributed by atoms with Gasteiger partial charge in [-0.05, 0) is 87.9 Å². The van der Waals surface area contributed by atoms with E-state index in [1.807, 2.05) is 27.7 Å². The zero-order valence-electron chi connectivity index (χ0n) is 14.0. The van der Waals surface area contributed by atoms with Gasteiger partial charge in [-0.1, -0.05) is 0 Å². The summed E-state index contributed by atoms with van der Waals surface area (Å²) in [4.78, 5) is 0.467. The molecule has 1 saturated heterocycles. The van der Waals surface area contributed by atoms with Crippen molar-refractivity contribution in [2.45, 2.75) is 45.9 Å². The molecule has 1 aromatic carbocycles. The average molecular weight is 347 g/mol. The van der Waals surface area contributed by atoms with Crippen molar-refractivity contribution in [1.82, 2.24) is 10.0 Å². The fourth-order valence-corrected chi connectivity index (χ4v) is 4.77. The topological polar surface area (TPSA) is 58.2 Å². The lowest BCUT2D eigenvalue weighted by Gasteiger charge is -2.19. The van der Waals surface area contributed by atoms with Crippen LogP contribution in [-0.2, 0) is 10.0 Å². The maximum atomic E-state index is 12.7. The molecule has 0 radical (unpaired) electrons. The minimum atomic E-state index is -3.45. The summed E-state index contributed by atoms with van der Waals surface area (Å²) in [6.07, 6.45) is 1.03. The SMILES string of the molecule is Cc1c(C)c(C)c(S(=O)(=O)NCC2CCNC2)c(C)c1C.Cl. The molecule has 1 heterocycles. The average Bonchev–Trinajstić information content (AvgIpc) is 2.94. The van der Waals surface area contributed by atoms with Crippen LogP contribution in [0.1, 0.15) is 34.2 Å². The summed E-state index contributed by atoms with van der Waals surface area (Å²) in [5.41, 5.74) is 5.06. The third kappa shape index (κ3) is 3.65. The predicted molar refractivity (Wildman–Crippen MR) is 93.5 cm³/mol. The molecular weight excluding hydrogens is 320 g/mol. The number of nitrogens with one attached hydrogen (secondary N) is 2. The van der Waals surface area contributed by atoms with Gasteiger partial charge in [0.1, 0.15) is 0 Å². The van der Waals surface area contributed by atoms with Crippen LogP contribution in [0.2, 0.25) is 0 Å². The van der Waals surface area contributed by atoms with E-state index in [0.717, 1.165) is 41.8 Å². The van der Waals surface area contributed by atoms with E-state index >= 15 is 0 Å². The van der Waals surface area contributed by atoms with Gasteiger partial charge in [-0.2, -0.15) is 0 Å². The first-order valence-corrected chi connectivity index (χ1v) is 9.01. The number of benzene rings is 1. The smallest absolute Gasteiger partial charge is 0.241 e. The van der Waals surface area contributed by atoms with Crippen LogP contribution in [0.5, 0.6) is 0 Å². The number of rotatable bonds is 4. The van der Waals surface area contributed by atoms with Crippen LogP contribution >= 0.6 is 12.4 Å². The summed E-state index contributed by atoms with van der Waals surface area (Å²) < 4.78 is 28.2. The van der Waals surface area contributed by atoms with Crippen molar-refractivity contribution in [2.75, 3.05) is 19.6 Å². The van der Waals surface area contributed by atoms with Crippen molar-refractivity contribution in [3.63, 3.8) is 0 Å². The fraction of sp³-hybridized carbons (Fsp3) is 0.625. The van der Waals surface area contributed by atoms with E-state index in [9.17, 15) is 8.42 Å². The first kappa shape index (κ1) is 19.4. The van der Waals surface area contributed by atoms with Crippen LogP contribution in [-0.4, -0.2) is 28.1 Å². The molecule has 1 unspecified atom stereocenters. The van der Waals surface area contributed by atoms with Gasteiger partial charge in [0.05, 0.1) is 4.90 Å². The molecule has 6 heteroatoms. The van der Waals surface area contributed by atoms with Gasteiger partial charge in [0.15, 0.2) is 0 Å². The number of halogens is 1. The van der Waals surface area contributed by atoms with Gasteiger partial charge in [0, 0.05) is 6.54 Å². The van der Waals surface area contributed by atoms with Crippen molar-refractivity contribution < 1.29 is 8.42 Å². The Balaban J connectivity index is 0.00000242. The summed E-state index contributed by atoms with van der Waals surface area (Å²) in [5, 5.41) is 3.26. The van der Waals surface area contributed by atoms with Gasteiger partial charge in [-0.15, -0.1) is 12.4 Å². The quantitative estimate of drug-likeness (QED) is 0.880. The molecule has 0 spiro atoms. The van der Waals surface area contributed by atoms with Gasteiger partial charge in [-0.3, -0.25) is 0 Å². The molecule has 0 saturated carbocycles. The molecule has 1 aliphatic heterocycles. The Morgan fingerprint density at radius 2 is 1.50 bits per heavy atom. The summed E-state index contributed by atoms with van der Waals surface area (Å²) in [5.74, 6) is 0.396. The first-order valence-electron chi connectivity index (χ1n) is 7.53. The molecule has 1 aromatic rings. The molecule has 0 aliphatic carbocycles. The van der Waals surface area contributed by atoms with E-state index in [1.165, 1.54) is 5.56 Å². The lowest BCUT2D eigenvalue weighted by molar-refractivity contribution is 0.538. The molecule has 0 bridgehead atoms. The Morgan fingerprint density at radius 3 is 1.95 bits per heavy atom. The molecule has 2 rings (SSSR count). The zero-order valence-corrected chi connectivity index (χ0v) is 15.7. The summed E-state index contributed by atoms with van der Waals surface area (Å²) in [7, 11) is -3.45. The van der Waals surface area contributed by atoms with Crippen LogP contribution < -0.4 is 10.0 Å². The van der Waals surface area contributed by atoms with Crippen LogP contribution in [0.15, 0.2) is 4.90 Å². The van der Waals surface area contributed by atoms with E-state index in [0.29, 0.717) is 17.4 Å². The standard InChI is InChI=1S/C16H26N2O2S.ClH/c1-10-11(2)13(4)16(14(5)12(10)3)21(19,20)18-9-15-6-7-17-8-15;/h15,17-18H,6-9H2,1-5H3;1H. The predicted octanol–water partition coefficient (Wildman–Crippen LogP) is 2.54. The highest BCUT2D eigenvalue weighted by atomic mass is 35.5. The second kappa shape index (κ2) is 7.30. The molecule has 2 N–H and O–H groups in total. The first-order chi connectivity index (χ1) is 9.75. The van der Waals surface area contributed by atoms with E-state index in [-0.39, 0.29) is 12.4 Å². The van der Waals surface area contributed by atoms with E-state index in [1.54, 1.807) is 0 Å². The largest absolute Gasteiger partial charge is 0.316 e. The lowest BCUT2D eigenvalue weighted by atomic mass is 9.95. The van der Waals surface area contributed by atoms with E-state index < -0.39 is 10.0 Å². The highest BCUT2D eigenvalue weighted by Crippen LogP contribution is 2.29. The monoisotopic (exact) mass is 346 g/mol. The van der Waals surface area contributed by atoms with Crippen molar-refractivity contribution in [2.24, 2.45) is 5.92 Å². The molecular formula is C16H27ClN2O2S. The Bertz CT molecular complexity index is 622. The molecule has 0 aromatic heterocycles. The summed E-state index contributed by atoms with van der Waals surface area (Å²) >= 11 is 0. The lowest BCUT2D eigenvalue weighted by Crippen LogP contribution is -2.31. The van der Waals surface area contributed by atoms with Crippen molar-refractivity contribution in [3.05, 3.63) is 27.8 Å². The number of hydrogen-bond acceptors (Lipinski definition) is 3.